The fraction of sp³-hybridized carbons (Fsp3) is 0.208. The summed E-state index contributed by atoms with van der Waals surface area (Å²) in [4.78, 5) is 12.7. The predicted octanol–water partition coefficient (Wildman–Crippen LogP) is 4.23. The summed E-state index contributed by atoms with van der Waals surface area (Å²) in [6, 6.07) is 20.5. The number of nitrogens with zero attached hydrogens (tertiary/aromatic N) is 1. The van der Waals surface area contributed by atoms with Gasteiger partial charge < -0.3 is 14.8 Å². The molecule has 0 bridgehead atoms. The highest BCUT2D eigenvalue weighted by Gasteiger charge is 2.27. The minimum atomic E-state index is -4.00. The number of rotatable bonds is 10. The second-order valence-electron chi connectivity index (χ2n) is 7.15. The molecule has 9 heteroatoms. The number of anilines is 1. The van der Waals surface area contributed by atoms with E-state index in [-0.39, 0.29) is 23.0 Å². The van der Waals surface area contributed by atoms with Gasteiger partial charge in [-0.05, 0) is 54.4 Å². The van der Waals surface area contributed by atoms with E-state index in [1.807, 2.05) is 30.3 Å². The Balaban J connectivity index is 1.82. The van der Waals surface area contributed by atoms with E-state index >= 15 is 0 Å². The van der Waals surface area contributed by atoms with Gasteiger partial charge >= 0.3 is 0 Å². The molecule has 3 rings (SSSR count). The molecule has 0 radical (unpaired) electrons. The van der Waals surface area contributed by atoms with Crippen molar-refractivity contribution in [2.24, 2.45) is 0 Å². The molecule has 0 spiro atoms. The van der Waals surface area contributed by atoms with Crippen molar-refractivity contribution in [1.82, 2.24) is 4.31 Å². The lowest BCUT2D eigenvalue weighted by Gasteiger charge is -2.22. The number of ether oxygens (including phenoxy) is 2. The van der Waals surface area contributed by atoms with E-state index in [2.05, 4.69) is 5.32 Å². The first-order valence-corrected chi connectivity index (χ1v) is 12.0. The minimum Gasteiger partial charge on any atom is -0.497 e. The lowest BCUT2D eigenvalue weighted by atomic mass is 10.1. The highest BCUT2D eigenvalue weighted by molar-refractivity contribution is 7.89. The van der Waals surface area contributed by atoms with Gasteiger partial charge in [-0.25, -0.2) is 8.42 Å². The number of sulfonamides is 1. The van der Waals surface area contributed by atoms with E-state index in [1.54, 1.807) is 31.4 Å². The number of benzene rings is 3. The number of carbonyl (C=O) groups excluding carboxylic acids is 1. The lowest BCUT2D eigenvalue weighted by molar-refractivity contribution is -0.116. The van der Waals surface area contributed by atoms with Crippen molar-refractivity contribution in [3.05, 3.63) is 83.4 Å². The molecule has 1 N–H and O–H groups in total. The van der Waals surface area contributed by atoms with Crippen molar-refractivity contribution in [2.45, 2.75) is 11.3 Å². The highest BCUT2D eigenvalue weighted by atomic mass is 35.5. The molecule has 3 aromatic rings. The Labute approximate surface area is 198 Å². The van der Waals surface area contributed by atoms with E-state index in [9.17, 15) is 13.2 Å². The van der Waals surface area contributed by atoms with Gasteiger partial charge in [-0.1, -0.05) is 41.9 Å². The van der Waals surface area contributed by atoms with Crippen LogP contribution in [0.1, 0.15) is 5.56 Å². The van der Waals surface area contributed by atoms with Crippen LogP contribution in [0.2, 0.25) is 5.02 Å². The number of nitrogens with one attached hydrogen (secondary N) is 1. The second-order valence-corrected chi connectivity index (χ2v) is 9.49. The SMILES string of the molecule is COc1ccc(NC(=O)CN(CCc2ccccc2)S(=O)(=O)c2ccc(OC)c(Cl)c2)cc1. The largest absolute Gasteiger partial charge is 0.497 e. The van der Waals surface area contributed by atoms with Crippen LogP contribution < -0.4 is 14.8 Å². The number of methoxy groups -OCH3 is 2. The van der Waals surface area contributed by atoms with Crippen molar-refractivity contribution in [1.29, 1.82) is 0 Å². The van der Waals surface area contributed by atoms with Crippen LogP contribution in [-0.2, 0) is 21.2 Å². The zero-order valence-corrected chi connectivity index (χ0v) is 19.9. The van der Waals surface area contributed by atoms with Crippen molar-refractivity contribution < 1.29 is 22.7 Å². The molecular formula is C24H25ClN2O5S. The van der Waals surface area contributed by atoms with Crippen molar-refractivity contribution in [3.63, 3.8) is 0 Å². The van der Waals surface area contributed by atoms with Gasteiger partial charge in [0, 0.05) is 12.2 Å². The maximum Gasteiger partial charge on any atom is 0.243 e. The van der Waals surface area contributed by atoms with Crippen LogP contribution in [0, 0.1) is 0 Å². The van der Waals surface area contributed by atoms with Gasteiger partial charge in [0.05, 0.1) is 30.7 Å². The van der Waals surface area contributed by atoms with Gasteiger partial charge in [0.25, 0.3) is 0 Å². The Morgan fingerprint density at radius 2 is 1.67 bits per heavy atom. The zero-order valence-electron chi connectivity index (χ0n) is 18.3. The molecule has 0 heterocycles. The van der Waals surface area contributed by atoms with Gasteiger partial charge in [0.2, 0.25) is 15.9 Å². The summed E-state index contributed by atoms with van der Waals surface area (Å²) in [5.74, 6) is 0.552. The second kappa shape index (κ2) is 11.2. The monoisotopic (exact) mass is 488 g/mol. The average Bonchev–Trinajstić information content (AvgIpc) is 2.82. The Morgan fingerprint density at radius 1 is 0.970 bits per heavy atom. The molecule has 0 aliphatic heterocycles. The summed E-state index contributed by atoms with van der Waals surface area (Å²) in [7, 11) is -1.00. The fourth-order valence-corrected chi connectivity index (χ4v) is 4.92. The first-order chi connectivity index (χ1) is 15.8. The van der Waals surface area contributed by atoms with Crippen LogP contribution in [0.15, 0.2) is 77.7 Å². The number of amides is 1. The van der Waals surface area contributed by atoms with Gasteiger partial charge in [0.1, 0.15) is 11.5 Å². The standard InChI is InChI=1S/C24H25ClN2O5S/c1-31-20-10-8-19(9-11-20)26-24(28)17-27(15-14-18-6-4-3-5-7-18)33(29,30)21-12-13-23(32-2)22(25)16-21/h3-13,16H,14-15,17H2,1-2H3,(H,26,28). The molecule has 1 amide bonds. The van der Waals surface area contributed by atoms with Gasteiger partial charge in [0.15, 0.2) is 0 Å². The number of carbonyl (C=O) groups is 1. The first kappa shape index (κ1) is 24.6. The minimum absolute atomic E-state index is 0.0152. The summed E-state index contributed by atoms with van der Waals surface area (Å²) >= 11 is 6.15. The molecular weight excluding hydrogens is 464 g/mol. The summed E-state index contributed by atoms with van der Waals surface area (Å²) in [6.45, 7) is -0.239. The quantitative estimate of drug-likeness (QED) is 0.461. The smallest absolute Gasteiger partial charge is 0.243 e. The van der Waals surface area contributed by atoms with E-state index in [0.29, 0.717) is 23.6 Å². The zero-order chi connectivity index (χ0) is 23.8. The van der Waals surface area contributed by atoms with E-state index in [0.717, 1.165) is 9.87 Å². The van der Waals surface area contributed by atoms with E-state index in [4.69, 9.17) is 21.1 Å². The third kappa shape index (κ3) is 6.47. The molecule has 0 fully saturated rings. The predicted molar refractivity (Wildman–Crippen MR) is 129 cm³/mol. The van der Waals surface area contributed by atoms with Gasteiger partial charge in [-0.2, -0.15) is 4.31 Å². The molecule has 174 valence electrons. The molecule has 0 aliphatic carbocycles. The maximum atomic E-state index is 13.4. The van der Waals surface area contributed by atoms with Gasteiger partial charge in [-0.15, -0.1) is 0 Å². The number of hydrogen-bond donors (Lipinski definition) is 1. The molecule has 0 atom stereocenters. The van der Waals surface area contributed by atoms with Crippen molar-refractivity contribution >= 4 is 33.2 Å². The van der Waals surface area contributed by atoms with E-state index < -0.39 is 15.9 Å². The van der Waals surface area contributed by atoms with Crippen LogP contribution in [0.25, 0.3) is 0 Å². The van der Waals surface area contributed by atoms with Gasteiger partial charge in [-0.3, -0.25) is 4.79 Å². The van der Waals surface area contributed by atoms with Crippen LogP contribution in [0.5, 0.6) is 11.5 Å². The fourth-order valence-electron chi connectivity index (χ4n) is 3.17. The Hall–Kier alpha value is -3.07. The molecule has 0 saturated carbocycles. The van der Waals surface area contributed by atoms with E-state index in [1.165, 1.54) is 25.3 Å². The van der Waals surface area contributed by atoms with Crippen LogP contribution in [0.4, 0.5) is 5.69 Å². The number of hydrogen-bond acceptors (Lipinski definition) is 5. The summed E-state index contributed by atoms with van der Waals surface area (Å²) in [5, 5.41) is 2.90. The highest BCUT2D eigenvalue weighted by Crippen LogP contribution is 2.28. The molecule has 0 aromatic heterocycles. The molecule has 0 unspecified atom stereocenters. The molecule has 3 aromatic carbocycles. The average molecular weight is 489 g/mol. The van der Waals surface area contributed by atoms with Crippen LogP contribution >= 0.6 is 11.6 Å². The Kier molecular flexibility index (Phi) is 8.32. The third-order valence-corrected chi connectivity index (χ3v) is 7.08. The first-order valence-electron chi connectivity index (χ1n) is 10.1. The van der Waals surface area contributed by atoms with Crippen molar-refractivity contribution in [2.75, 3.05) is 32.6 Å². The summed E-state index contributed by atoms with van der Waals surface area (Å²) in [5.41, 5.74) is 1.50. The van der Waals surface area contributed by atoms with Crippen LogP contribution in [0.3, 0.4) is 0 Å². The molecule has 0 saturated heterocycles. The molecule has 7 nitrogen and oxygen atoms in total. The molecule has 33 heavy (non-hydrogen) atoms. The van der Waals surface area contributed by atoms with Crippen molar-refractivity contribution in [3.8, 4) is 11.5 Å². The Morgan fingerprint density at radius 3 is 2.27 bits per heavy atom. The lowest BCUT2D eigenvalue weighted by Crippen LogP contribution is -2.39. The topological polar surface area (TPSA) is 84.9 Å². The summed E-state index contributed by atoms with van der Waals surface area (Å²) in [6.07, 6.45) is 0.444. The summed E-state index contributed by atoms with van der Waals surface area (Å²) < 4.78 is 38.2. The normalized spacial score (nSPS) is 11.3. The third-order valence-electron chi connectivity index (χ3n) is 4.95. The molecule has 0 aliphatic rings. The number of halogens is 1. The Bertz CT molecular complexity index is 1190. The maximum absolute atomic E-state index is 13.4. The van der Waals surface area contributed by atoms with Crippen LogP contribution in [-0.4, -0.2) is 45.9 Å².